The molecule has 0 saturated heterocycles. The van der Waals surface area contributed by atoms with Crippen LogP contribution in [0.2, 0.25) is 10.0 Å². The van der Waals surface area contributed by atoms with Crippen molar-refractivity contribution in [3.05, 3.63) is 27.7 Å². The van der Waals surface area contributed by atoms with Crippen molar-refractivity contribution in [3.8, 4) is 5.75 Å². The van der Waals surface area contributed by atoms with Gasteiger partial charge in [0.15, 0.2) is 5.52 Å². The van der Waals surface area contributed by atoms with Gasteiger partial charge in [0.1, 0.15) is 5.75 Å². The first-order valence-electron chi connectivity index (χ1n) is 5.96. The Kier molecular flexibility index (Phi) is 4.89. The normalized spacial score (nSPS) is 16.6. The maximum Gasteiger partial charge on any atom is 0.186 e. The molecular formula is C13H15Cl2O2P. The predicted molar refractivity (Wildman–Crippen MR) is 77.9 cm³/mol. The van der Waals surface area contributed by atoms with E-state index in [1.807, 2.05) is 0 Å². The molecule has 1 aromatic carbocycles. The lowest BCUT2D eigenvalue weighted by atomic mass is 10.2. The zero-order chi connectivity index (χ0) is 13.1. The molecule has 1 fully saturated rings. The van der Waals surface area contributed by atoms with Gasteiger partial charge in [0.2, 0.25) is 0 Å². The Morgan fingerprint density at radius 3 is 2.50 bits per heavy atom. The molecule has 18 heavy (non-hydrogen) atoms. The summed E-state index contributed by atoms with van der Waals surface area (Å²) in [4.78, 5) is 12.3. The van der Waals surface area contributed by atoms with Crippen LogP contribution in [0.4, 0.5) is 0 Å². The van der Waals surface area contributed by atoms with Crippen LogP contribution in [0.5, 0.6) is 5.75 Å². The smallest absolute Gasteiger partial charge is 0.186 e. The Hall–Kier alpha value is -0.300. The highest BCUT2D eigenvalue weighted by Gasteiger charge is 2.24. The molecular weight excluding hydrogens is 290 g/mol. The highest BCUT2D eigenvalue weighted by atomic mass is 35.5. The van der Waals surface area contributed by atoms with E-state index in [1.165, 1.54) is 20.0 Å². The van der Waals surface area contributed by atoms with E-state index in [2.05, 4.69) is 0 Å². The SMILES string of the molecule is COc1c(Cl)ccc(Cl)c1C(=O)PC1CCCC1. The Morgan fingerprint density at radius 1 is 1.28 bits per heavy atom. The van der Waals surface area contributed by atoms with Gasteiger partial charge in [-0.2, -0.15) is 0 Å². The zero-order valence-electron chi connectivity index (χ0n) is 10.1. The van der Waals surface area contributed by atoms with E-state index in [4.69, 9.17) is 27.9 Å². The standard InChI is InChI=1S/C13H15Cl2O2P/c1-17-12-10(15)7-6-9(14)11(12)13(16)18-8-4-2-3-5-8/h6-8,18H,2-5H2,1H3. The Morgan fingerprint density at radius 2 is 1.89 bits per heavy atom. The highest BCUT2D eigenvalue weighted by molar-refractivity contribution is 7.59. The second-order valence-electron chi connectivity index (χ2n) is 4.39. The van der Waals surface area contributed by atoms with E-state index in [1.54, 1.807) is 12.1 Å². The van der Waals surface area contributed by atoms with Crippen LogP contribution in [0.15, 0.2) is 12.1 Å². The number of methoxy groups -OCH3 is 1. The second kappa shape index (κ2) is 6.23. The number of benzene rings is 1. The van der Waals surface area contributed by atoms with Crippen molar-refractivity contribution in [3.63, 3.8) is 0 Å². The van der Waals surface area contributed by atoms with Gasteiger partial charge < -0.3 is 4.74 Å². The van der Waals surface area contributed by atoms with Crippen LogP contribution >= 0.6 is 31.8 Å². The van der Waals surface area contributed by atoms with Gasteiger partial charge in [0, 0.05) is 0 Å². The van der Waals surface area contributed by atoms with Crippen LogP contribution < -0.4 is 4.74 Å². The summed E-state index contributed by atoms with van der Waals surface area (Å²) in [6, 6.07) is 3.30. The van der Waals surface area contributed by atoms with Crippen LogP contribution in [-0.4, -0.2) is 18.3 Å². The van der Waals surface area contributed by atoms with E-state index in [-0.39, 0.29) is 14.1 Å². The molecule has 5 heteroatoms. The number of rotatable bonds is 4. The van der Waals surface area contributed by atoms with Crippen molar-refractivity contribution >= 4 is 37.3 Å². The van der Waals surface area contributed by atoms with Crippen molar-refractivity contribution in [2.45, 2.75) is 31.3 Å². The summed E-state index contributed by atoms with van der Waals surface area (Å²) >= 11 is 12.1. The fourth-order valence-electron chi connectivity index (χ4n) is 2.27. The molecule has 1 atom stereocenters. The number of carbonyl (C=O) groups excluding carboxylic acids is 1. The molecule has 1 aliphatic rings. The molecule has 0 radical (unpaired) electrons. The second-order valence-corrected chi connectivity index (χ2v) is 6.77. The average molecular weight is 305 g/mol. The van der Waals surface area contributed by atoms with Gasteiger partial charge in [0.05, 0.1) is 22.7 Å². The van der Waals surface area contributed by atoms with E-state index in [9.17, 15) is 4.79 Å². The molecule has 1 aromatic rings. The molecule has 1 aliphatic carbocycles. The number of carbonyl (C=O) groups is 1. The summed E-state index contributed by atoms with van der Waals surface area (Å²) in [6.45, 7) is 0. The molecule has 0 heterocycles. The highest BCUT2D eigenvalue weighted by Crippen LogP contribution is 2.42. The first-order chi connectivity index (χ1) is 8.63. The van der Waals surface area contributed by atoms with Crippen LogP contribution in [0.25, 0.3) is 0 Å². The van der Waals surface area contributed by atoms with Gasteiger partial charge in [-0.15, -0.1) is 0 Å². The van der Waals surface area contributed by atoms with E-state index >= 15 is 0 Å². The molecule has 0 spiro atoms. The predicted octanol–water partition coefficient (Wildman–Crippen LogP) is 4.76. The first-order valence-corrected chi connectivity index (χ1v) is 7.79. The van der Waals surface area contributed by atoms with Gasteiger partial charge in [0.25, 0.3) is 0 Å². The molecule has 2 nitrogen and oxygen atoms in total. The number of hydrogen-bond donors (Lipinski definition) is 0. The monoisotopic (exact) mass is 304 g/mol. The summed E-state index contributed by atoms with van der Waals surface area (Å²) in [5.41, 5.74) is 1.01. The molecule has 0 aliphatic heterocycles. The maximum absolute atomic E-state index is 12.3. The van der Waals surface area contributed by atoms with E-state index in [0.717, 1.165) is 12.8 Å². The zero-order valence-corrected chi connectivity index (χ0v) is 12.6. The summed E-state index contributed by atoms with van der Waals surface area (Å²) < 4.78 is 5.21. The van der Waals surface area contributed by atoms with E-state index in [0.29, 0.717) is 27.0 Å². The summed E-state index contributed by atoms with van der Waals surface area (Å²) in [7, 11) is 1.77. The van der Waals surface area contributed by atoms with Gasteiger partial charge in [-0.05, 0) is 39.2 Å². The van der Waals surface area contributed by atoms with Gasteiger partial charge in [-0.1, -0.05) is 36.0 Å². The molecule has 2 rings (SSSR count). The number of halogens is 2. The molecule has 0 N–H and O–H groups in total. The summed E-state index contributed by atoms with van der Waals surface area (Å²) in [5, 5.41) is 0.855. The van der Waals surface area contributed by atoms with Gasteiger partial charge in [-0.3, -0.25) is 4.79 Å². The van der Waals surface area contributed by atoms with Crippen molar-refractivity contribution in [1.29, 1.82) is 0 Å². The molecule has 0 aromatic heterocycles. The Bertz CT molecular complexity index is 457. The van der Waals surface area contributed by atoms with Gasteiger partial charge in [-0.25, -0.2) is 0 Å². The van der Waals surface area contributed by atoms with Crippen molar-refractivity contribution in [1.82, 2.24) is 0 Å². The molecule has 0 amide bonds. The third-order valence-corrected chi connectivity index (χ3v) is 5.29. The molecule has 0 bridgehead atoms. The van der Waals surface area contributed by atoms with Crippen LogP contribution in [0.3, 0.4) is 0 Å². The van der Waals surface area contributed by atoms with Crippen molar-refractivity contribution < 1.29 is 9.53 Å². The topological polar surface area (TPSA) is 26.3 Å². The largest absolute Gasteiger partial charge is 0.494 e. The third-order valence-electron chi connectivity index (χ3n) is 3.18. The van der Waals surface area contributed by atoms with Crippen LogP contribution in [0, 0.1) is 0 Å². The molecule has 1 unspecified atom stereocenters. The lowest BCUT2D eigenvalue weighted by Crippen LogP contribution is -2.03. The van der Waals surface area contributed by atoms with E-state index < -0.39 is 0 Å². The van der Waals surface area contributed by atoms with Crippen molar-refractivity contribution in [2.24, 2.45) is 0 Å². The molecule has 1 saturated carbocycles. The van der Waals surface area contributed by atoms with Crippen LogP contribution in [-0.2, 0) is 0 Å². The van der Waals surface area contributed by atoms with Gasteiger partial charge >= 0.3 is 0 Å². The quantitative estimate of drug-likeness (QED) is 0.749. The Balaban J connectivity index is 2.25. The third kappa shape index (κ3) is 2.99. The fraction of sp³-hybridized carbons (Fsp3) is 0.462. The minimum Gasteiger partial charge on any atom is -0.494 e. The minimum absolute atomic E-state index is 0.0613. The minimum atomic E-state index is 0.0613. The maximum atomic E-state index is 12.3. The molecule has 98 valence electrons. The first kappa shape index (κ1) is 14.1. The van der Waals surface area contributed by atoms with Crippen LogP contribution in [0.1, 0.15) is 36.0 Å². The average Bonchev–Trinajstić information content (AvgIpc) is 2.84. The lowest BCUT2D eigenvalue weighted by Gasteiger charge is -2.13. The number of hydrogen-bond acceptors (Lipinski definition) is 2. The van der Waals surface area contributed by atoms with Crippen molar-refractivity contribution in [2.75, 3.05) is 7.11 Å². The summed E-state index contributed by atoms with van der Waals surface area (Å²) in [6.07, 6.45) is 4.74. The lowest BCUT2D eigenvalue weighted by molar-refractivity contribution is 0.108. The Labute approximate surface area is 119 Å². The summed E-state index contributed by atoms with van der Waals surface area (Å²) in [5.74, 6) is 0.402. The fourth-order valence-corrected chi connectivity index (χ4v) is 4.28. The number of ether oxygens (including phenoxy) is 1.